The molecule has 4 heteroatoms. The number of aromatic nitrogens is 2. The summed E-state index contributed by atoms with van der Waals surface area (Å²) in [7, 11) is 0. The molecule has 0 spiro atoms. The summed E-state index contributed by atoms with van der Waals surface area (Å²) < 4.78 is 11.8. The minimum Gasteiger partial charge on any atom is -0.487 e. The minimum absolute atomic E-state index is 0.395. The van der Waals surface area contributed by atoms with Gasteiger partial charge in [0, 0.05) is 18.8 Å². The summed E-state index contributed by atoms with van der Waals surface area (Å²) in [4.78, 5) is 8.54. The van der Waals surface area contributed by atoms with Crippen LogP contribution < -0.4 is 4.74 Å². The maximum atomic E-state index is 6.00. The van der Waals surface area contributed by atoms with Crippen molar-refractivity contribution in [3.05, 3.63) is 96.4 Å². The predicted molar refractivity (Wildman–Crippen MR) is 102 cm³/mol. The number of ether oxygens (including phenoxy) is 2. The molecule has 133 valence electrons. The Bertz CT molecular complexity index is 787. The molecule has 0 bridgehead atoms. The third-order valence-electron chi connectivity index (χ3n) is 3.83. The molecule has 2 aromatic heterocycles. The molecule has 0 atom stereocenters. The average molecular weight is 347 g/mol. The summed E-state index contributed by atoms with van der Waals surface area (Å²) in [6, 6.07) is 19.6. The Balaban J connectivity index is 1.51. The van der Waals surface area contributed by atoms with Crippen molar-refractivity contribution in [1.29, 1.82) is 0 Å². The number of hydrogen-bond donors (Lipinski definition) is 0. The van der Waals surface area contributed by atoms with Crippen LogP contribution in [-0.2, 0) is 18.0 Å². The standard InChI is InChI=1S/C22H23N2O2/c1-22(2,26-17-20-8-4-6-14-24-20)15-18-9-11-21(12-10-18)25-16-19-7-3-5-13-23-19/h3-15H,16-17H2,1-2H3. The molecule has 3 rings (SSSR count). The van der Waals surface area contributed by atoms with Crippen LogP contribution in [0.25, 0.3) is 0 Å². The second kappa shape index (κ2) is 8.59. The number of hydrogen-bond acceptors (Lipinski definition) is 4. The van der Waals surface area contributed by atoms with Crippen LogP contribution in [0.4, 0.5) is 0 Å². The molecule has 0 fully saturated rings. The molecule has 4 nitrogen and oxygen atoms in total. The van der Waals surface area contributed by atoms with Crippen molar-refractivity contribution in [2.75, 3.05) is 0 Å². The molecular weight excluding hydrogens is 324 g/mol. The Labute approximate surface area is 154 Å². The molecule has 0 unspecified atom stereocenters. The smallest absolute Gasteiger partial charge is 0.130 e. The normalized spacial score (nSPS) is 11.3. The van der Waals surface area contributed by atoms with E-state index in [0.717, 1.165) is 22.7 Å². The van der Waals surface area contributed by atoms with Crippen molar-refractivity contribution in [2.24, 2.45) is 0 Å². The summed E-state index contributed by atoms with van der Waals surface area (Å²) in [5.41, 5.74) is 2.52. The van der Waals surface area contributed by atoms with Crippen LogP contribution in [0.1, 0.15) is 30.8 Å². The molecule has 0 aliphatic rings. The van der Waals surface area contributed by atoms with E-state index in [9.17, 15) is 0 Å². The summed E-state index contributed by atoms with van der Waals surface area (Å²) in [5, 5.41) is 0. The van der Waals surface area contributed by atoms with Crippen LogP contribution in [-0.4, -0.2) is 15.6 Å². The highest BCUT2D eigenvalue weighted by Gasteiger charge is 2.20. The van der Waals surface area contributed by atoms with Gasteiger partial charge in [-0.1, -0.05) is 24.3 Å². The van der Waals surface area contributed by atoms with Crippen LogP contribution in [0.3, 0.4) is 0 Å². The van der Waals surface area contributed by atoms with E-state index in [0.29, 0.717) is 13.2 Å². The van der Waals surface area contributed by atoms with Gasteiger partial charge in [0.25, 0.3) is 0 Å². The van der Waals surface area contributed by atoms with Crippen LogP contribution >= 0.6 is 0 Å². The van der Waals surface area contributed by atoms with E-state index in [1.54, 1.807) is 12.4 Å². The highest BCUT2D eigenvalue weighted by Crippen LogP contribution is 2.23. The predicted octanol–water partition coefficient (Wildman–Crippen LogP) is 4.60. The largest absolute Gasteiger partial charge is 0.487 e. The number of nitrogens with zero attached hydrogens (tertiary/aromatic N) is 2. The topological polar surface area (TPSA) is 44.2 Å². The van der Waals surface area contributed by atoms with E-state index in [4.69, 9.17) is 9.47 Å². The van der Waals surface area contributed by atoms with Crippen molar-refractivity contribution in [3.63, 3.8) is 0 Å². The molecule has 0 saturated carbocycles. The first-order valence-corrected chi connectivity index (χ1v) is 8.63. The van der Waals surface area contributed by atoms with E-state index in [1.165, 1.54) is 0 Å². The lowest BCUT2D eigenvalue weighted by Crippen LogP contribution is -2.25. The monoisotopic (exact) mass is 347 g/mol. The molecule has 1 radical (unpaired) electrons. The Hall–Kier alpha value is -2.72. The summed E-state index contributed by atoms with van der Waals surface area (Å²) in [6.45, 7) is 5.03. The van der Waals surface area contributed by atoms with Crippen molar-refractivity contribution in [1.82, 2.24) is 9.97 Å². The molecule has 0 amide bonds. The van der Waals surface area contributed by atoms with E-state index in [1.807, 2.05) is 74.5 Å². The first-order chi connectivity index (χ1) is 12.6. The zero-order valence-electron chi connectivity index (χ0n) is 15.1. The molecule has 2 heterocycles. The van der Waals surface area contributed by atoms with Gasteiger partial charge in [0.1, 0.15) is 12.4 Å². The van der Waals surface area contributed by atoms with Crippen LogP contribution in [0.2, 0.25) is 0 Å². The van der Waals surface area contributed by atoms with Gasteiger partial charge >= 0.3 is 0 Å². The van der Waals surface area contributed by atoms with E-state index < -0.39 is 5.60 Å². The zero-order chi connectivity index (χ0) is 18.2. The van der Waals surface area contributed by atoms with Gasteiger partial charge in [-0.2, -0.15) is 0 Å². The van der Waals surface area contributed by atoms with Gasteiger partial charge in [-0.15, -0.1) is 0 Å². The highest BCUT2D eigenvalue weighted by molar-refractivity contribution is 5.33. The fourth-order valence-corrected chi connectivity index (χ4v) is 2.49. The number of benzene rings is 1. The Morgan fingerprint density at radius 3 is 2.00 bits per heavy atom. The van der Waals surface area contributed by atoms with Crippen molar-refractivity contribution in [2.45, 2.75) is 32.7 Å². The van der Waals surface area contributed by atoms with Crippen molar-refractivity contribution < 1.29 is 9.47 Å². The molecule has 0 N–H and O–H groups in total. The summed E-state index contributed by atoms with van der Waals surface area (Å²) >= 11 is 0. The summed E-state index contributed by atoms with van der Waals surface area (Å²) in [5.74, 6) is 0.819. The quantitative estimate of drug-likeness (QED) is 0.597. The molecule has 0 saturated heterocycles. The van der Waals surface area contributed by atoms with E-state index in [-0.39, 0.29) is 0 Å². The number of pyridine rings is 2. The van der Waals surface area contributed by atoms with Crippen molar-refractivity contribution >= 4 is 0 Å². The van der Waals surface area contributed by atoms with Gasteiger partial charge in [-0.3, -0.25) is 9.97 Å². The van der Waals surface area contributed by atoms with Crippen LogP contribution in [0.5, 0.6) is 5.75 Å². The maximum Gasteiger partial charge on any atom is 0.130 e. The zero-order valence-corrected chi connectivity index (χ0v) is 15.1. The Morgan fingerprint density at radius 2 is 1.42 bits per heavy atom. The Morgan fingerprint density at radius 1 is 0.808 bits per heavy atom. The lowest BCUT2D eigenvalue weighted by molar-refractivity contribution is -0.00408. The van der Waals surface area contributed by atoms with Crippen LogP contribution in [0, 0.1) is 6.42 Å². The lowest BCUT2D eigenvalue weighted by atomic mass is 9.98. The van der Waals surface area contributed by atoms with Gasteiger partial charge in [-0.25, -0.2) is 0 Å². The van der Waals surface area contributed by atoms with Crippen molar-refractivity contribution in [3.8, 4) is 5.75 Å². The molecule has 0 aliphatic heterocycles. The Kier molecular flexibility index (Phi) is 5.97. The summed E-state index contributed by atoms with van der Waals surface area (Å²) in [6.07, 6.45) is 5.64. The fourth-order valence-electron chi connectivity index (χ4n) is 2.49. The van der Waals surface area contributed by atoms with E-state index >= 15 is 0 Å². The van der Waals surface area contributed by atoms with Gasteiger partial charge < -0.3 is 9.47 Å². The second-order valence-corrected chi connectivity index (χ2v) is 6.54. The molecule has 26 heavy (non-hydrogen) atoms. The SMILES string of the molecule is CC(C)([CH]c1ccc(OCc2ccccn2)cc1)OCc1ccccn1. The first-order valence-electron chi connectivity index (χ1n) is 8.63. The van der Waals surface area contributed by atoms with Gasteiger partial charge in [-0.05, 0) is 55.8 Å². The lowest BCUT2D eigenvalue weighted by Gasteiger charge is -2.25. The van der Waals surface area contributed by atoms with Gasteiger partial charge in [0.2, 0.25) is 0 Å². The molecule has 1 aromatic carbocycles. The number of rotatable bonds is 8. The molecule has 0 aliphatic carbocycles. The third-order valence-corrected chi connectivity index (χ3v) is 3.83. The second-order valence-electron chi connectivity index (χ2n) is 6.54. The van der Waals surface area contributed by atoms with E-state index in [2.05, 4.69) is 16.4 Å². The third kappa shape index (κ3) is 5.67. The van der Waals surface area contributed by atoms with Gasteiger partial charge in [0.15, 0.2) is 0 Å². The highest BCUT2D eigenvalue weighted by atomic mass is 16.5. The fraction of sp³-hybridized carbons (Fsp3) is 0.227. The average Bonchev–Trinajstić information content (AvgIpc) is 2.67. The first kappa shape index (κ1) is 18.1. The minimum atomic E-state index is -0.395. The maximum absolute atomic E-state index is 6.00. The molecule has 3 aromatic rings. The molecular formula is C22H23N2O2. The van der Waals surface area contributed by atoms with Gasteiger partial charge in [0.05, 0.1) is 23.6 Å². The van der Waals surface area contributed by atoms with Crippen LogP contribution in [0.15, 0.2) is 73.1 Å².